The van der Waals surface area contributed by atoms with Crippen LogP contribution in [0.3, 0.4) is 0 Å². The number of aromatic hydroxyl groups is 1. The standard InChI is InChI=1S/C19H23N3O2S/c1-13-11-14(2)21-19(20-13)25-12-18(24)22-9-7-16(8-10-22)15-3-5-17(23)6-4-15/h3-6,11,16,23H,7-10,12H2,1-2H3. The van der Waals surface area contributed by atoms with Crippen LogP contribution in [0.2, 0.25) is 0 Å². The summed E-state index contributed by atoms with van der Waals surface area (Å²) in [6.07, 6.45) is 1.92. The minimum atomic E-state index is 0.150. The number of aryl methyl sites for hydroxylation is 2. The van der Waals surface area contributed by atoms with E-state index in [-0.39, 0.29) is 5.91 Å². The molecule has 1 N–H and O–H groups in total. The fraction of sp³-hybridized carbons (Fsp3) is 0.421. The summed E-state index contributed by atoms with van der Waals surface area (Å²) in [5.74, 6) is 1.28. The number of rotatable bonds is 4. The molecule has 1 aromatic carbocycles. The maximum absolute atomic E-state index is 12.4. The molecule has 0 spiro atoms. The highest BCUT2D eigenvalue weighted by molar-refractivity contribution is 7.99. The molecular formula is C19H23N3O2S. The number of carbonyl (C=O) groups excluding carboxylic acids is 1. The maximum atomic E-state index is 12.4. The van der Waals surface area contributed by atoms with E-state index in [9.17, 15) is 9.90 Å². The van der Waals surface area contributed by atoms with Crippen molar-refractivity contribution in [2.24, 2.45) is 0 Å². The minimum Gasteiger partial charge on any atom is -0.508 e. The average molecular weight is 357 g/mol. The summed E-state index contributed by atoms with van der Waals surface area (Å²) in [5, 5.41) is 10.1. The first kappa shape index (κ1) is 17.7. The fourth-order valence-corrected chi connectivity index (χ4v) is 4.04. The van der Waals surface area contributed by atoms with Gasteiger partial charge in [0.25, 0.3) is 0 Å². The van der Waals surface area contributed by atoms with Crippen LogP contribution in [-0.4, -0.2) is 44.7 Å². The van der Waals surface area contributed by atoms with Crippen LogP contribution < -0.4 is 0 Å². The van der Waals surface area contributed by atoms with Crippen molar-refractivity contribution in [1.29, 1.82) is 0 Å². The molecule has 0 radical (unpaired) electrons. The van der Waals surface area contributed by atoms with E-state index < -0.39 is 0 Å². The molecule has 1 aliphatic rings. The second-order valence-corrected chi connectivity index (χ2v) is 7.41. The fourth-order valence-electron chi connectivity index (χ4n) is 3.18. The molecule has 6 heteroatoms. The van der Waals surface area contributed by atoms with E-state index in [1.165, 1.54) is 17.3 Å². The van der Waals surface area contributed by atoms with Gasteiger partial charge in [0.05, 0.1) is 5.75 Å². The number of carbonyl (C=O) groups is 1. The summed E-state index contributed by atoms with van der Waals surface area (Å²) in [5.41, 5.74) is 3.09. The number of amides is 1. The molecule has 0 unspecified atom stereocenters. The van der Waals surface area contributed by atoms with Gasteiger partial charge in [-0.3, -0.25) is 4.79 Å². The maximum Gasteiger partial charge on any atom is 0.233 e. The van der Waals surface area contributed by atoms with Gasteiger partial charge >= 0.3 is 0 Å². The Hall–Kier alpha value is -2.08. The van der Waals surface area contributed by atoms with E-state index in [1.54, 1.807) is 12.1 Å². The summed E-state index contributed by atoms with van der Waals surface area (Å²) in [7, 11) is 0. The molecule has 2 aromatic rings. The molecule has 0 atom stereocenters. The van der Waals surface area contributed by atoms with Gasteiger partial charge in [-0.2, -0.15) is 0 Å². The van der Waals surface area contributed by atoms with Gasteiger partial charge in [-0.15, -0.1) is 0 Å². The predicted octanol–water partition coefficient (Wildman–Crippen LogP) is 3.30. The van der Waals surface area contributed by atoms with E-state index in [1.807, 2.05) is 36.9 Å². The Morgan fingerprint density at radius 3 is 2.36 bits per heavy atom. The van der Waals surface area contributed by atoms with Crippen LogP contribution in [0.1, 0.15) is 35.7 Å². The summed E-state index contributed by atoms with van der Waals surface area (Å²) < 4.78 is 0. The summed E-state index contributed by atoms with van der Waals surface area (Å²) >= 11 is 1.41. The van der Waals surface area contributed by atoms with Crippen LogP contribution in [0.4, 0.5) is 0 Å². The van der Waals surface area contributed by atoms with Gasteiger partial charge in [0.15, 0.2) is 5.16 Å². The number of aromatic nitrogens is 2. The highest BCUT2D eigenvalue weighted by Gasteiger charge is 2.24. The van der Waals surface area contributed by atoms with E-state index in [0.717, 1.165) is 37.3 Å². The number of piperidine rings is 1. The number of likely N-dealkylation sites (tertiary alicyclic amines) is 1. The number of hydrogen-bond donors (Lipinski definition) is 1. The molecule has 1 amide bonds. The largest absolute Gasteiger partial charge is 0.508 e. The number of phenolic OH excluding ortho intramolecular Hbond substituents is 1. The molecule has 1 saturated heterocycles. The van der Waals surface area contributed by atoms with Crippen molar-refractivity contribution in [3.8, 4) is 5.75 Å². The lowest BCUT2D eigenvalue weighted by molar-refractivity contribution is -0.129. The van der Waals surface area contributed by atoms with Gasteiger partial charge in [0.1, 0.15) is 5.75 Å². The van der Waals surface area contributed by atoms with Gasteiger partial charge in [-0.1, -0.05) is 23.9 Å². The van der Waals surface area contributed by atoms with Crippen molar-refractivity contribution in [3.63, 3.8) is 0 Å². The molecule has 0 bridgehead atoms. The quantitative estimate of drug-likeness (QED) is 0.672. The molecule has 1 aliphatic heterocycles. The van der Waals surface area contributed by atoms with E-state index in [0.29, 0.717) is 22.6 Å². The monoisotopic (exact) mass is 357 g/mol. The van der Waals surface area contributed by atoms with Gasteiger partial charge in [-0.05, 0) is 56.4 Å². The minimum absolute atomic E-state index is 0.150. The topological polar surface area (TPSA) is 66.3 Å². The first-order valence-electron chi connectivity index (χ1n) is 8.53. The zero-order valence-electron chi connectivity index (χ0n) is 14.6. The molecular weight excluding hydrogens is 334 g/mol. The van der Waals surface area contributed by atoms with Crippen molar-refractivity contribution in [2.45, 2.75) is 37.8 Å². The van der Waals surface area contributed by atoms with Crippen LogP contribution in [0.25, 0.3) is 0 Å². The Balaban J connectivity index is 1.50. The smallest absolute Gasteiger partial charge is 0.233 e. The van der Waals surface area contributed by atoms with Crippen LogP contribution in [-0.2, 0) is 4.79 Å². The van der Waals surface area contributed by atoms with Gasteiger partial charge < -0.3 is 10.0 Å². The molecule has 0 saturated carbocycles. The Labute approximate surface area is 152 Å². The Bertz CT molecular complexity index is 721. The summed E-state index contributed by atoms with van der Waals surface area (Å²) in [4.78, 5) is 23.1. The average Bonchev–Trinajstić information content (AvgIpc) is 2.60. The predicted molar refractivity (Wildman–Crippen MR) is 98.9 cm³/mol. The lowest BCUT2D eigenvalue weighted by Crippen LogP contribution is -2.38. The van der Waals surface area contributed by atoms with Gasteiger partial charge in [0.2, 0.25) is 5.91 Å². The van der Waals surface area contributed by atoms with E-state index >= 15 is 0 Å². The number of benzene rings is 1. The third-order valence-electron chi connectivity index (χ3n) is 4.50. The number of hydrogen-bond acceptors (Lipinski definition) is 5. The molecule has 25 heavy (non-hydrogen) atoms. The first-order valence-corrected chi connectivity index (χ1v) is 9.51. The third kappa shape index (κ3) is 4.72. The van der Waals surface area contributed by atoms with Gasteiger partial charge in [0, 0.05) is 24.5 Å². The molecule has 5 nitrogen and oxygen atoms in total. The van der Waals surface area contributed by atoms with Crippen molar-refractivity contribution in [2.75, 3.05) is 18.8 Å². The molecule has 1 aromatic heterocycles. The SMILES string of the molecule is Cc1cc(C)nc(SCC(=O)N2CCC(c3ccc(O)cc3)CC2)n1. The number of thioether (sulfide) groups is 1. The lowest BCUT2D eigenvalue weighted by atomic mass is 9.89. The second-order valence-electron chi connectivity index (χ2n) is 6.47. The van der Waals surface area contributed by atoms with Crippen LogP contribution in [0.5, 0.6) is 5.75 Å². The molecule has 1 fully saturated rings. The first-order chi connectivity index (χ1) is 12.0. The van der Waals surface area contributed by atoms with Crippen LogP contribution >= 0.6 is 11.8 Å². The van der Waals surface area contributed by atoms with Crippen molar-refractivity contribution >= 4 is 17.7 Å². The highest BCUT2D eigenvalue weighted by atomic mass is 32.2. The van der Waals surface area contributed by atoms with Crippen molar-refractivity contribution in [3.05, 3.63) is 47.3 Å². The normalized spacial score (nSPS) is 15.4. The molecule has 132 valence electrons. The van der Waals surface area contributed by atoms with E-state index in [2.05, 4.69) is 9.97 Å². The van der Waals surface area contributed by atoms with Crippen LogP contribution in [0.15, 0.2) is 35.5 Å². The molecule has 3 rings (SSSR count). The second kappa shape index (κ2) is 7.87. The van der Waals surface area contributed by atoms with Gasteiger partial charge in [-0.25, -0.2) is 9.97 Å². The highest BCUT2D eigenvalue weighted by Crippen LogP contribution is 2.29. The summed E-state index contributed by atoms with van der Waals surface area (Å²) in [6.45, 7) is 5.43. The Morgan fingerprint density at radius 1 is 1.16 bits per heavy atom. The van der Waals surface area contributed by atoms with E-state index in [4.69, 9.17) is 0 Å². The third-order valence-corrected chi connectivity index (χ3v) is 5.33. The molecule has 0 aliphatic carbocycles. The van der Waals surface area contributed by atoms with Crippen molar-refractivity contribution in [1.82, 2.24) is 14.9 Å². The zero-order chi connectivity index (χ0) is 17.8. The zero-order valence-corrected chi connectivity index (χ0v) is 15.4. The van der Waals surface area contributed by atoms with Crippen LogP contribution in [0, 0.1) is 13.8 Å². The molecule has 2 heterocycles. The Morgan fingerprint density at radius 2 is 1.76 bits per heavy atom. The number of phenols is 1. The number of nitrogens with zero attached hydrogens (tertiary/aromatic N) is 3. The van der Waals surface area contributed by atoms with Crippen molar-refractivity contribution < 1.29 is 9.90 Å². The summed E-state index contributed by atoms with van der Waals surface area (Å²) in [6, 6.07) is 9.34. The Kier molecular flexibility index (Phi) is 5.58. The lowest BCUT2D eigenvalue weighted by Gasteiger charge is -2.32.